The van der Waals surface area contributed by atoms with E-state index >= 15 is 0 Å². The first-order chi connectivity index (χ1) is 10.3. The Balaban J connectivity index is 0.00000176. The molecule has 6 heteroatoms. The molecule has 1 unspecified atom stereocenters. The van der Waals surface area contributed by atoms with E-state index in [-0.39, 0.29) is 24.4 Å². The van der Waals surface area contributed by atoms with Gasteiger partial charge in [-0.1, -0.05) is 12.5 Å². The zero-order chi connectivity index (χ0) is 14.5. The molecular weight excluding hydrogens is 304 g/mol. The van der Waals surface area contributed by atoms with Crippen LogP contribution in [0, 0.1) is 0 Å². The van der Waals surface area contributed by atoms with Crippen LogP contribution < -0.4 is 20.1 Å². The summed E-state index contributed by atoms with van der Waals surface area (Å²) in [6.45, 7) is 2.82. The number of hydrogen-bond donors (Lipinski definition) is 2. The van der Waals surface area contributed by atoms with Gasteiger partial charge in [-0.05, 0) is 37.1 Å². The predicted molar refractivity (Wildman–Crippen MR) is 86.8 cm³/mol. The van der Waals surface area contributed by atoms with E-state index in [1.165, 1.54) is 0 Å². The van der Waals surface area contributed by atoms with E-state index < -0.39 is 0 Å². The van der Waals surface area contributed by atoms with Gasteiger partial charge in [0.05, 0.1) is 19.3 Å². The molecule has 0 aromatic heterocycles. The van der Waals surface area contributed by atoms with Crippen molar-refractivity contribution in [1.29, 1.82) is 0 Å². The maximum Gasteiger partial charge on any atom is 0.237 e. The Kier molecular flexibility index (Phi) is 6.34. The van der Waals surface area contributed by atoms with Crippen LogP contribution in [-0.2, 0) is 11.3 Å². The van der Waals surface area contributed by atoms with Gasteiger partial charge in [0.1, 0.15) is 0 Å². The minimum Gasteiger partial charge on any atom is -0.490 e. The number of carbonyl (C=O) groups excluding carboxylic acids is 1. The van der Waals surface area contributed by atoms with Crippen molar-refractivity contribution in [3.63, 3.8) is 0 Å². The standard InChI is InChI=1S/C16H22N2O3.ClH/c19-16(13-4-1-2-7-17-13)18-11-12-5-6-14-15(10-12)21-9-3-8-20-14;/h5-6,10,13,17H,1-4,7-9,11H2,(H,18,19);1H. The highest BCUT2D eigenvalue weighted by Gasteiger charge is 2.20. The lowest BCUT2D eigenvalue weighted by Gasteiger charge is -2.22. The second-order valence-electron chi connectivity index (χ2n) is 5.55. The van der Waals surface area contributed by atoms with Crippen molar-refractivity contribution in [3.8, 4) is 11.5 Å². The number of rotatable bonds is 3. The predicted octanol–water partition coefficient (Wildman–Crippen LogP) is 2.03. The fourth-order valence-corrected chi connectivity index (χ4v) is 2.71. The normalized spacial score (nSPS) is 20.5. The Morgan fingerprint density at radius 3 is 2.77 bits per heavy atom. The molecule has 3 rings (SSSR count). The third-order valence-electron chi connectivity index (χ3n) is 3.91. The summed E-state index contributed by atoms with van der Waals surface area (Å²) in [5, 5.41) is 6.25. The number of hydrogen-bond acceptors (Lipinski definition) is 4. The van der Waals surface area contributed by atoms with Crippen molar-refractivity contribution in [3.05, 3.63) is 23.8 Å². The van der Waals surface area contributed by atoms with Gasteiger partial charge >= 0.3 is 0 Å². The summed E-state index contributed by atoms with van der Waals surface area (Å²) in [5.74, 6) is 1.65. The molecule has 0 saturated carbocycles. The number of carbonyl (C=O) groups is 1. The van der Waals surface area contributed by atoms with Crippen LogP contribution in [0.2, 0.25) is 0 Å². The first kappa shape index (κ1) is 16.9. The second kappa shape index (κ2) is 8.25. The fraction of sp³-hybridized carbons (Fsp3) is 0.562. The summed E-state index contributed by atoms with van der Waals surface area (Å²) < 4.78 is 11.3. The molecule has 2 aliphatic heterocycles. The van der Waals surface area contributed by atoms with Gasteiger partial charge in [-0.3, -0.25) is 4.79 Å². The zero-order valence-electron chi connectivity index (χ0n) is 12.6. The third kappa shape index (κ3) is 4.27. The van der Waals surface area contributed by atoms with E-state index in [1.807, 2.05) is 18.2 Å². The highest BCUT2D eigenvalue weighted by atomic mass is 35.5. The summed E-state index contributed by atoms with van der Waals surface area (Å²) in [4.78, 5) is 12.1. The number of ether oxygens (including phenoxy) is 2. The second-order valence-corrected chi connectivity index (χ2v) is 5.55. The summed E-state index contributed by atoms with van der Waals surface area (Å²) >= 11 is 0. The minimum atomic E-state index is -0.0424. The number of amides is 1. The number of benzene rings is 1. The van der Waals surface area contributed by atoms with Crippen molar-refractivity contribution in [1.82, 2.24) is 10.6 Å². The van der Waals surface area contributed by atoms with Crippen LogP contribution in [0.3, 0.4) is 0 Å². The van der Waals surface area contributed by atoms with Crippen molar-refractivity contribution >= 4 is 18.3 Å². The molecule has 1 amide bonds. The van der Waals surface area contributed by atoms with Gasteiger partial charge in [0.15, 0.2) is 11.5 Å². The molecule has 22 heavy (non-hydrogen) atoms. The molecule has 0 aliphatic carbocycles. The molecule has 1 aromatic rings. The average Bonchev–Trinajstić information content (AvgIpc) is 2.78. The molecule has 0 bridgehead atoms. The van der Waals surface area contributed by atoms with Crippen LogP contribution in [0.4, 0.5) is 0 Å². The van der Waals surface area contributed by atoms with Crippen LogP contribution in [-0.4, -0.2) is 31.7 Å². The van der Waals surface area contributed by atoms with Crippen LogP contribution in [0.1, 0.15) is 31.2 Å². The van der Waals surface area contributed by atoms with E-state index in [4.69, 9.17) is 9.47 Å². The van der Waals surface area contributed by atoms with Gasteiger partial charge < -0.3 is 20.1 Å². The monoisotopic (exact) mass is 326 g/mol. The molecule has 2 N–H and O–H groups in total. The molecule has 2 heterocycles. The van der Waals surface area contributed by atoms with Crippen LogP contribution in [0.25, 0.3) is 0 Å². The van der Waals surface area contributed by atoms with Crippen LogP contribution >= 0.6 is 12.4 Å². The minimum absolute atomic E-state index is 0. The molecule has 1 atom stereocenters. The summed E-state index contributed by atoms with van der Waals surface area (Å²) in [6.07, 6.45) is 4.10. The van der Waals surface area contributed by atoms with Crippen LogP contribution in [0.15, 0.2) is 18.2 Å². The quantitative estimate of drug-likeness (QED) is 0.892. The van der Waals surface area contributed by atoms with Crippen molar-refractivity contribution in [2.24, 2.45) is 0 Å². The molecule has 122 valence electrons. The van der Waals surface area contributed by atoms with Gasteiger partial charge in [0.25, 0.3) is 0 Å². The molecule has 1 aromatic carbocycles. The van der Waals surface area contributed by atoms with Crippen molar-refractivity contribution in [2.45, 2.75) is 38.3 Å². The van der Waals surface area contributed by atoms with Gasteiger partial charge in [-0.2, -0.15) is 0 Å². The van der Waals surface area contributed by atoms with E-state index in [1.54, 1.807) is 0 Å². The first-order valence-corrected chi connectivity index (χ1v) is 7.72. The fourth-order valence-electron chi connectivity index (χ4n) is 2.71. The SMILES string of the molecule is Cl.O=C(NCc1ccc2c(c1)OCCCO2)C1CCCCN1. The maximum absolute atomic E-state index is 12.1. The lowest BCUT2D eigenvalue weighted by molar-refractivity contribution is -0.123. The van der Waals surface area contributed by atoms with Gasteiger partial charge in [-0.25, -0.2) is 0 Å². The smallest absolute Gasteiger partial charge is 0.237 e. The Bertz CT molecular complexity index is 504. The lowest BCUT2D eigenvalue weighted by Crippen LogP contribution is -2.46. The Labute approximate surface area is 137 Å². The lowest BCUT2D eigenvalue weighted by atomic mass is 10.0. The number of halogens is 1. The number of fused-ring (bicyclic) bond motifs is 1. The molecule has 0 radical (unpaired) electrons. The molecule has 0 spiro atoms. The molecule has 1 saturated heterocycles. The first-order valence-electron chi connectivity index (χ1n) is 7.72. The van der Waals surface area contributed by atoms with E-state index in [0.29, 0.717) is 19.8 Å². The largest absolute Gasteiger partial charge is 0.490 e. The molecule has 2 aliphatic rings. The summed E-state index contributed by atoms with van der Waals surface area (Å²) in [7, 11) is 0. The molecule has 1 fully saturated rings. The van der Waals surface area contributed by atoms with E-state index in [2.05, 4.69) is 10.6 Å². The summed E-state index contributed by atoms with van der Waals surface area (Å²) in [5.41, 5.74) is 1.03. The van der Waals surface area contributed by atoms with E-state index in [9.17, 15) is 4.79 Å². The Morgan fingerprint density at radius 2 is 2.00 bits per heavy atom. The summed E-state index contributed by atoms with van der Waals surface area (Å²) in [6, 6.07) is 5.80. The third-order valence-corrected chi connectivity index (χ3v) is 3.91. The topological polar surface area (TPSA) is 59.6 Å². The number of piperidine rings is 1. The van der Waals surface area contributed by atoms with Crippen molar-refractivity contribution in [2.75, 3.05) is 19.8 Å². The maximum atomic E-state index is 12.1. The van der Waals surface area contributed by atoms with Crippen LogP contribution in [0.5, 0.6) is 11.5 Å². The van der Waals surface area contributed by atoms with E-state index in [0.717, 1.165) is 49.3 Å². The molecule has 5 nitrogen and oxygen atoms in total. The highest BCUT2D eigenvalue weighted by molar-refractivity contribution is 5.85. The highest BCUT2D eigenvalue weighted by Crippen LogP contribution is 2.30. The van der Waals surface area contributed by atoms with Gasteiger partial charge in [0, 0.05) is 13.0 Å². The van der Waals surface area contributed by atoms with Crippen molar-refractivity contribution < 1.29 is 14.3 Å². The van der Waals surface area contributed by atoms with Gasteiger partial charge in [-0.15, -0.1) is 12.4 Å². The number of nitrogens with one attached hydrogen (secondary N) is 2. The molecular formula is C16H23ClN2O3. The average molecular weight is 327 g/mol. The Hall–Kier alpha value is -1.46. The van der Waals surface area contributed by atoms with Gasteiger partial charge in [0.2, 0.25) is 5.91 Å². The Morgan fingerprint density at radius 1 is 1.18 bits per heavy atom. The zero-order valence-corrected chi connectivity index (χ0v) is 13.4.